The van der Waals surface area contributed by atoms with E-state index < -0.39 is 0 Å². The molecule has 0 aliphatic heterocycles. The average molecular weight is 240 g/mol. The Bertz CT molecular complexity index is 456. The molecule has 1 nitrogen and oxygen atoms in total. The van der Waals surface area contributed by atoms with E-state index in [2.05, 4.69) is 49.9 Å². The zero-order valence-corrected chi connectivity index (χ0v) is 10.9. The van der Waals surface area contributed by atoms with Crippen molar-refractivity contribution in [3.8, 4) is 0 Å². The van der Waals surface area contributed by atoms with Gasteiger partial charge in [0.25, 0.3) is 0 Å². The highest BCUT2D eigenvalue weighted by Gasteiger charge is 2.17. The fraction of sp³-hybridized carbons (Fsp3) is 0.294. The van der Waals surface area contributed by atoms with E-state index in [0.29, 0.717) is 11.8 Å². The van der Waals surface area contributed by atoms with Crippen LogP contribution in [0, 0.1) is 5.92 Å². The second kappa shape index (κ2) is 6.25. The van der Waals surface area contributed by atoms with Crippen LogP contribution in [0.5, 0.6) is 0 Å². The van der Waals surface area contributed by atoms with Gasteiger partial charge in [0, 0.05) is 5.92 Å². The van der Waals surface area contributed by atoms with Crippen LogP contribution in [0.4, 0.5) is 0 Å². The molecule has 0 aliphatic carbocycles. The van der Waals surface area contributed by atoms with E-state index in [1.165, 1.54) is 5.56 Å². The first-order valence-electron chi connectivity index (χ1n) is 6.51. The number of hydrogen-bond donors (Lipinski definition) is 0. The van der Waals surface area contributed by atoms with Crippen LogP contribution in [0.2, 0.25) is 0 Å². The van der Waals surface area contributed by atoms with Crippen LogP contribution in [0.25, 0.3) is 0 Å². The molecule has 0 saturated heterocycles. The van der Waals surface area contributed by atoms with E-state index in [1.54, 1.807) is 6.26 Å². The number of aryl methyl sites for hydroxylation is 1. The molecule has 2 rings (SSSR count). The number of hydrogen-bond acceptors (Lipinski definition) is 1. The number of furan rings is 1. The molecule has 0 fully saturated rings. The molecule has 0 spiro atoms. The van der Waals surface area contributed by atoms with Crippen LogP contribution >= 0.6 is 0 Å². The lowest BCUT2D eigenvalue weighted by atomic mass is 9.87. The van der Waals surface area contributed by atoms with E-state index in [1.807, 2.05) is 12.1 Å². The van der Waals surface area contributed by atoms with Gasteiger partial charge in [-0.05, 0) is 36.5 Å². The summed E-state index contributed by atoms with van der Waals surface area (Å²) < 4.78 is 5.48. The zero-order chi connectivity index (χ0) is 12.8. The topological polar surface area (TPSA) is 13.1 Å². The molecule has 0 aliphatic rings. The maximum absolute atomic E-state index is 5.48. The largest absolute Gasteiger partial charge is 0.469 e. The van der Waals surface area contributed by atoms with Gasteiger partial charge >= 0.3 is 0 Å². The van der Waals surface area contributed by atoms with Crippen molar-refractivity contribution < 1.29 is 4.42 Å². The van der Waals surface area contributed by atoms with Crippen LogP contribution in [-0.4, -0.2) is 0 Å². The SMILES string of the molecule is C=C[C@H](CCc1ccccc1)[C@H](C)c1ccco1. The highest BCUT2D eigenvalue weighted by molar-refractivity contribution is 5.15. The van der Waals surface area contributed by atoms with Crippen molar-refractivity contribution in [3.05, 3.63) is 72.7 Å². The Morgan fingerprint density at radius 2 is 1.94 bits per heavy atom. The molecular formula is C17H20O. The predicted molar refractivity (Wildman–Crippen MR) is 75.6 cm³/mol. The summed E-state index contributed by atoms with van der Waals surface area (Å²) in [6.07, 6.45) is 5.98. The average Bonchev–Trinajstić information content (AvgIpc) is 2.94. The van der Waals surface area contributed by atoms with Crippen molar-refractivity contribution in [2.45, 2.75) is 25.7 Å². The monoisotopic (exact) mass is 240 g/mol. The van der Waals surface area contributed by atoms with E-state index in [0.717, 1.165) is 18.6 Å². The summed E-state index contributed by atoms with van der Waals surface area (Å²) in [5.74, 6) is 1.89. The zero-order valence-electron chi connectivity index (χ0n) is 10.9. The van der Waals surface area contributed by atoms with Gasteiger partial charge in [-0.25, -0.2) is 0 Å². The van der Waals surface area contributed by atoms with Crippen LogP contribution in [0.3, 0.4) is 0 Å². The lowest BCUT2D eigenvalue weighted by Crippen LogP contribution is -2.08. The molecule has 1 aromatic carbocycles. The van der Waals surface area contributed by atoms with Crippen molar-refractivity contribution in [3.63, 3.8) is 0 Å². The van der Waals surface area contributed by atoms with Crippen LogP contribution < -0.4 is 0 Å². The van der Waals surface area contributed by atoms with Gasteiger partial charge in [-0.3, -0.25) is 0 Å². The number of allylic oxidation sites excluding steroid dienone is 1. The van der Waals surface area contributed by atoms with Gasteiger partial charge in [-0.1, -0.05) is 43.3 Å². The van der Waals surface area contributed by atoms with E-state index in [-0.39, 0.29) is 0 Å². The predicted octanol–water partition coefficient (Wildman–Crippen LogP) is 4.82. The first-order valence-corrected chi connectivity index (χ1v) is 6.51. The highest BCUT2D eigenvalue weighted by atomic mass is 16.3. The quantitative estimate of drug-likeness (QED) is 0.660. The van der Waals surface area contributed by atoms with Crippen LogP contribution in [0.1, 0.15) is 30.6 Å². The Kier molecular flexibility index (Phi) is 4.40. The molecule has 0 N–H and O–H groups in total. The molecule has 0 amide bonds. The van der Waals surface area contributed by atoms with Gasteiger partial charge in [-0.2, -0.15) is 0 Å². The fourth-order valence-electron chi connectivity index (χ4n) is 2.31. The molecule has 0 bridgehead atoms. The molecule has 0 radical (unpaired) electrons. The maximum atomic E-state index is 5.48. The minimum atomic E-state index is 0.390. The van der Waals surface area contributed by atoms with Gasteiger partial charge in [0.1, 0.15) is 5.76 Å². The molecule has 18 heavy (non-hydrogen) atoms. The Balaban J connectivity index is 1.96. The summed E-state index contributed by atoms with van der Waals surface area (Å²) in [6, 6.07) is 14.6. The number of rotatable bonds is 6. The summed E-state index contributed by atoms with van der Waals surface area (Å²) in [4.78, 5) is 0. The van der Waals surface area contributed by atoms with Crippen molar-refractivity contribution in [2.24, 2.45) is 5.92 Å². The van der Waals surface area contributed by atoms with Crippen LogP contribution in [0.15, 0.2) is 65.8 Å². The first kappa shape index (κ1) is 12.7. The van der Waals surface area contributed by atoms with Crippen LogP contribution in [-0.2, 0) is 6.42 Å². The Morgan fingerprint density at radius 3 is 2.56 bits per heavy atom. The smallest absolute Gasteiger partial charge is 0.107 e. The second-order valence-electron chi connectivity index (χ2n) is 4.73. The van der Waals surface area contributed by atoms with Gasteiger partial charge in [0.15, 0.2) is 0 Å². The lowest BCUT2D eigenvalue weighted by molar-refractivity contribution is 0.406. The van der Waals surface area contributed by atoms with Gasteiger partial charge in [-0.15, -0.1) is 6.58 Å². The minimum absolute atomic E-state index is 0.390. The molecule has 2 atom stereocenters. The molecule has 94 valence electrons. The van der Waals surface area contributed by atoms with Crippen molar-refractivity contribution in [1.82, 2.24) is 0 Å². The third-order valence-electron chi connectivity index (χ3n) is 3.55. The standard InChI is InChI=1S/C17H20O/c1-3-16(14(2)17-10-7-13-18-17)12-11-15-8-5-4-6-9-15/h3-10,13-14,16H,1,11-12H2,2H3/t14-,16+/m0/s1. The van der Waals surface area contributed by atoms with Crippen molar-refractivity contribution >= 4 is 0 Å². The van der Waals surface area contributed by atoms with Crippen molar-refractivity contribution in [1.29, 1.82) is 0 Å². The third-order valence-corrected chi connectivity index (χ3v) is 3.55. The molecular weight excluding hydrogens is 220 g/mol. The number of benzene rings is 1. The molecule has 1 heteroatoms. The normalized spacial score (nSPS) is 14.1. The molecule has 1 heterocycles. The summed E-state index contributed by atoms with van der Waals surface area (Å²) in [5, 5.41) is 0. The fourth-order valence-corrected chi connectivity index (χ4v) is 2.31. The molecule has 0 unspecified atom stereocenters. The maximum Gasteiger partial charge on any atom is 0.107 e. The Hall–Kier alpha value is -1.76. The summed E-state index contributed by atoms with van der Waals surface area (Å²) in [6.45, 7) is 6.17. The van der Waals surface area contributed by atoms with E-state index in [4.69, 9.17) is 4.42 Å². The first-order chi connectivity index (χ1) is 8.81. The highest BCUT2D eigenvalue weighted by Crippen LogP contribution is 2.29. The second-order valence-corrected chi connectivity index (χ2v) is 4.73. The molecule has 2 aromatic rings. The molecule has 1 aromatic heterocycles. The van der Waals surface area contributed by atoms with Crippen molar-refractivity contribution in [2.75, 3.05) is 0 Å². The summed E-state index contributed by atoms with van der Waals surface area (Å²) >= 11 is 0. The van der Waals surface area contributed by atoms with Gasteiger partial charge in [0.2, 0.25) is 0 Å². The Labute approximate surface area is 109 Å². The lowest BCUT2D eigenvalue weighted by Gasteiger charge is -2.18. The van der Waals surface area contributed by atoms with Gasteiger partial charge < -0.3 is 4.42 Å². The van der Waals surface area contributed by atoms with Gasteiger partial charge in [0.05, 0.1) is 6.26 Å². The minimum Gasteiger partial charge on any atom is -0.469 e. The summed E-state index contributed by atoms with van der Waals surface area (Å²) in [7, 11) is 0. The molecule has 0 saturated carbocycles. The van der Waals surface area contributed by atoms with E-state index >= 15 is 0 Å². The van der Waals surface area contributed by atoms with E-state index in [9.17, 15) is 0 Å². The third kappa shape index (κ3) is 3.13. The Morgan fingerprint density at radius 1 is 1.17 bits per heavy atom. The summed E-state index contributed by atoms with van der Waals surface area (Å²) in [5.41, 5.74) is 1.39.